The van der Waals surface area contributed by atoms with Crippen LogP contribution < -0.4 is 5.32 Å². The zero-order chi connectivity index (χ0) is 12.3. The Hall–Kier alpha value is -0.680. The summed E-state index contributed by atoms with van der Waals surface area (Å²) in [5.74, 6) is -0.424. The minimum atomic E-state index is -0.424. The molecule has 0 radical (unpaired) electrons. The Labute approximate surface area is 105 Å². The molecule has 1 saturated heterocycles. The molecule has 0 aliphatic carbocycles. The second-order valence-electron chi connectivity index (χ2n) is 4.13. The smallest absolute Gasteiger partial charge is 0.146 e. The Morgan fingerprint density at radius 2 is 2.12 bits per heavy atom. The van der Waals surface area contributed by atoms with Gasteiger partial charge in [0.1, 0.15) is 5.82 Å². The summed E-state index contributed by atoms with van der Waals surface area (Å²) in [4.78, 5) is 2.07. The fourth-order valence-corrected chi connectivity index (χ4v) is 2.36. The highest BCUT2D eigenvalue weighted by atomic mass is 35.5. The number of nitrogens with zero attached hydrogens (tertiary/aromatic N) is 1. The molecule has 1 atom stereocenters. The summed E-state index contributed by atoms with van der Waals surface area (Å²) in [7, 11) is 0. The van der Waals surface area contributed by atoms with Crippen molar-refractivity contribution in [2.24, 2.45) is 0 Å². The van der Waals surface area contributed by atoms with E-state index in [0.717, 1.165) is 26.2 Å². The molecule has 3 nitrogen and oxygen atoms in total. The standard InChI is InChI=1S/C12H16ClFN2O/c13-10-3-1-2-9(12(10)14)11(8-17)16-6-4-15-5-7-16/h1-3,11,15,17H,4-8H2/t11-/m0/s1. The minimum Gasteiger partial charge on any atom is -0.394 e. The average molecular weight is 259 g/mol. The molecule has 5 heteroatoms. The van der Waals surface area contributed by atoms with Gasteiger partial charge in [0.2, 0.25) is 0 Å². The first-order chi connectivity index (χ1) is 8.24. The van der Waals surface area contributed by atoms with Crippen molar-refractivity contribution in [2.75, 3.05) is 32.8 Å². The summed E-state index contributed by atoms with van der Waals surface area (Å²) in [5, 5.41) is 12.8. The van der Waals surface area contributed by atoms with E-state index in [4.69, 9.17) is 11.6 Å². The van der Waals surface area contributed by atoms with Gasteiger partial charge < -0.3 is 10.4 Å². The third-order valence-electron chi connectivity index (χ3n) is 3.11. The highest BCUT2D eigenvalue weighted by Gasteiger charge is 2.24. The molecule has 0 spiro atoms. The van der Waals surface area contributed by atoms with Crippen LogP contribution in [0.5, 0.6) is 0 Å². The van der Waals surface area contributed by atoms with Gasteiger partial charge in [0.15, 0.2) is 0 Å². The molecule has 1 heterocycles. The quantitative estimate of drug-likeness (QED) is 0.861. The monoisotopic (exact) mass is 258 g/mol. The number of aliphatic hydroxyl groups excluding tert-OH is 1. The maximum atomic E-state index is 13.9. The zero-order valence-corrected chi connectivity index (χ0v) is 10.3. The number of hydrogen-bond acceptors (Lipinski definition) is 3. The summed E-state index contributed by atoms with van der Waals surface area (Å²) in [6.07, 6.45) is 0. The molecule has 2 rings (SSSR count). The lowest BCUT2D eigenvalue weighted by molar-refractivity contribution is 0.108. The second-order valence-corrected chi connectivity index (χ2v) is 4.53. The Morgan fingerprint density at radius 3 is 2.76 bits per heavy atom. The molecule has 0 unspecified atom stereocenters. The van der Waals surface area contributed by atoms with Crippen molar-refractivity contribution < 1.29 is 9.50 Å². The van der Waals surface area contributed by atoms with Crippen molar-refractivity contribution in [3.8, 4) is 0 Å². The van der Waals surface area contributed by atoms with Gasteiger partial charge in [-0.1, -0.05) is 23.7 Å². The van der Waals surface area contributed by atoms with Gasteiger partial charge in [-0.3, -0.25) is 4.90 Å². The Bertz CT molecular complexity index is 383. The van der Waals surface area contributed by atoms with Gasteiger partial charge in [0, 0.05) is 31.7 Å². The summed E-state index contributed by atoms with van der Waals surface area (Å²) in [6.45, 7) is 3.23. The van der Waals surface area contributed by atoms with Crippen LogP contribution in [-0.4, -0.2) is 42.8 Å². The molecule has 17 heavy (non-hydrogen) atoms. The summed E-state index contributed by atoms with van der Waals surface area (Å²) in [6, 6.07) is 4.61. The van der Waals surface area contributed by atoms with Gasteiger partial charge in [-0.25, -0.2) is 4.39 Å². The van der Waals surface area contributed by atoms with E-state index >= 15 is 0 Å². The molecular weight excluding hydrogens is 243 g/mol. The number of aliphatic hydroxyl groups is 1. The number of nitrogens with one attached hydrogen (secondary N) is 1. The van der Waals surface area contributed by atoms with Crippen molar-refractivity contribution >= 4 is 11.6 Å². The highest BCUT2D eigenvalue weighted by Crippen LogP contribution is 2.27. The van der Waals surface area contributed by atoms with Crippen molar-refractivity contribution in [1.29, 1.82) is 0 Å². The van der Waals surface area contributed by atoms with Crippen LogP contribution in [0.25, 0.3) is 0 Å². The second kappa shape index (κ2) is 5.78. The van der Waals surface area contributed by atoms with E-state index in [2.05, 4.69) is 10.2 Å². The van der Waals surface area contributed by atoms with Crippen LogP contribution in [-0.2, 0) is 0 Å². The molecule has 1 fully saturated rings. The van der Waals surface area contributed by atoms with E-state index in [1.165, 1.54) is 6.07 Å². The first-order valence-electron chi connectivity index (χ1n) is 5.73. The molecule has 1 aromatic carbocycles. The zero-order valence-electron chi connectivity index (χ0n) is 9.50. The van der Waals surface area contributed by atoms with Crippen LogP contribution in [0.15, 0.2) is 18.2 Å². The van der Waals surface area contributed by atoms with Crippen molar-refractivity contribution in [1.82, 2.24) is 10.2 Å². The molecule has 0 amide bonds. The Balaban J connectivity index is 2.24. The van der Waals surface area contributed by atoms with Crippen molar-refractivity contribution in [3.63, 3.8) is 0 Å². The van der Waals surface area contributed by atoms with E-state index in [1.54, 1.807) is 12.1 Å². The van der Waals surface area contributed by atoms with Crippen molar-refractivity contribution in [2.45, 2.75) is 6.04 Å². The molecular formula is C12H16ClFN2O. The van der Waals surface area contributed by atoms with E-state index in [-0.39, 0.29) is 17.7 Å². The van der Waals surface area contributed by atoms with Crippen LogP contribution >= 0.6 is 11.6 Å². The summed E-state index contributed by atoms with van der Waals surface area (Å²) < 4.78 is 13.9. The van der Waals surface area contributed by atoms with Crippen LogP contribution in [0.2, 0.25) is 5.02 Å². The largest absolute Gasteiger partial charge is 0.394 e. The van der Waals surface area contributed by atoms with Gasteiger partial charge in [0.05, 0.1) is 17.7 Å². The first-order valence-corrected chi connectivity index (χ1v) is 6.11. The molecule has 1 aromatic rings. The molecule has 2 N–H and O–H groups in total. The SMILES string of the molecule is OC[C@@H](c1cccc(Cl)c1F)N1CCNCC1. The Morgan fingerprint density at radius 1 is 1.41 bits per heavy atom. The average Bonchev–Trinajstić information content (AvgIpc) is 2.37. The van der Waals surface area contributed by atoms with Crippen LogP contribution in [0.1, 0.15) is 11.6 Å². The molecule has 1 aliphatic heterocycles. The highest BCUT2D eigenvalue weighted by molar-refractivity contribution is 6.30. The number of piperazine rings is 1. The van der Waals surface area contributed by atoms with Gasteiger partial charge in [-0.15, -0.1) is 0 Å². The predicted molar refractivity (Wildman–Crippen MR) is 65.7 cm³/mol. The lowest BCUT2D eigenvalue weighted by Gasteiger charge is -2.34. The molecule has 94 valence electrons. The van der Waals surface area contributed by atoms with E-state index < -0.39 is 5.82 Å². The van der Waals surface area contributed by atoms with Gasteiger partial charge in [-0.2, -0.15) is 0 Å². The summed E-state index contributed by atoms with van der Waals surface area (Å²) >= 11 is 5.77. The van der Waals surface area contributed by atoms with E-state index in [9.17, 15) is 9.50 Å². The van der Waals surface area contributed by atoms with Gasteiger partial charge >= 0.3 is 0 Å². The predicted octanol–water partition coefficient (Wildman–Crippen LogP) is 1.42. The third kappa shape index (κ3) is 2.77. The number of halogens is 2. The normalized spacial score (nSPS) is 19.2. The van der Waals surface area contributed by atoms with E-state index in [0.29, 0.717) is 5.56 Å². The summed E-state index contributed by atoms with van der Waals surface area (Å²) in [5.41, 5.74) is 0.474. The fraction of sp³-hybridized carbons (Fsp3) is 0.500. The third-order valence-corrected chi connectivity index (χ3v) is 3.40. The fourth-order valence-electron chi connectivity index (χ4n) is 2.18. The minimum absolute atomic E-state index is 0.0999. The topological polar surface area (TPSA) is 35.5 Å². The maximum Gasteiger partial charge on any atom is 0.146 e. The lowest BCUT2D eigenvalue weighted by Crippen LogP contribution is -2.46. The van der Waals surface area contributed by atoms with Gasteiger partial charge in [0.25, 0.3) is 0 Å². The van der Waals surface area contributed by atoms with Crippen LogP contribution in [0.3, 0.4) is 0 Å². The van der Waals surface area contributed by atoms with Crippen LogP contribution in [0.4, 0.5) is 4.39 Å². The number of hydrogen-bond donors (Lipinski definition) is 2. The molecule has 0 aromatic heterocycles. The van der Waals surface area contributed by atoms with Gasteiger partial charge in [-0.05, 0) is 6.07 Å². The molecule has 0 bridgehead atoms. The maximum absolute atomic E-state index is 13.9. The first kappa shape index (κ1) is 12.8. The molecule has 1 aliphatic rings. The van der Waals surface area contributed by atoms with Crippen molar-refractivity contribution in [3.05, 3.63) is 34.6 Å². The number of benzene rings is 1. The van der Waals surface area contributed by atoms with Crippen LogP contribution in [0, 0.1) is 5.82 Å². The molecule has 0 saturated carbocycles. The number of rotatable bonds is 3. The Kier molecular flexibility index (Phi) is 4.34. The van der Waals surface area contributed by atoms with E-state index in [1.807, 2.05) is 0 Å². The lowest BCUT2D eigenvalue weighted by atomic mass is 10.0.